The maximum atomic E-state index is 13.9. The Balaban J connectivity index is 1.99. The Morgan fingerprint density at radius 1 is 1.52 bits per heavy atom. The molecule has 1 aromatic carbocycles. The second-order valence-electron chi connectivity index (χ2n) is 6.76. The number of hydrogen-bond acceptors (Lipinski definition) is 4. The minimum absolute atomic E-state index is 0.0270. The Morgan fingerprint density at radius 2 is 2.30 bits per heavy atom. The second-order valence-corrected chi connectivity index (χ2v) is 7.20. The summed E-state index contributed by atoms with van der Waals surface area (Å²) in [5.74, 6) is -0.393. The van der Waals surface area contributed by atoms with Crippen LogP contribution in [-0.4, -0.2) is 56.2 Å². The fraction of sp³-hybridized carbons (Fsp3) is 0.579. The lowest BCUT2D eigenvalue weighted by atomic mass is 9.97. The van der Waals surface area contributed by atoms with E-state index in [1.54, 1.807) is 25.0 Å². The molecule has 8 heteroatoms. The lowest BCUT2D eigenvalue weighted by molar-refractivity contribution is -0.141. The number of rotatable bonds is 9. The summed E-state index contributed by atoms with van der Waals surface area (Å²) in [4.78, 5) is 25.6. The monoisotopic (exact) mass is 400 g/mol. The molecular formula is C19H26ClFN2O4. The molecule has 0 radical (unpaired) electrons. The average molecular weight is 401 g/mol. The van der Waals surface area contributed by atoms with Gasteiger partial charge in [-0.2, -0.15) is 0 Å². The van der Waals surface area contributed by atoms with Gasteiger partial charge in [0.25, 0.3) is 0 Å². The summed E-state index contributed by atoms with van der Waals surface area (Å²) in [6.07, 6.45) is 1.76. The van der Waals surface area contributed by atoms with E-state index >= 15 is 0 Å². The Bertz CT molecular complexity index is 644. The zero-order chi connectivity index (χ0) is 19.8. The lowest BCUT2D eigenvalue weighted by Crippen LogP contribution is -2.54. The summed E-state index contributed by atoms with van der Waals surface area (Å²) in [5, 5.41) is 2.84. The van der Waals surface area contributed by atoms with Crippen LogP contribution in [0.5, 0.6) is 0 Å². The van der Waals surface area contributed by atoms with Gasteiger partial charge in [0.2, 0.25) is 12.3 Å². The van der Waals surface area contributed by atoms with E-state index in [1.165, 1.54) is 12.1 Å². The Morgan fingerprint density at radius 3 is 2.96 bits per heavy atom. The van der Waals surface area contributed by atoms with E-state index in [0.29, 0.717) is 36.7 Å². The van der Waals surface area contributed by atoms with Crippen LogP contribution in [0.15, 0.2) is 18.2 Å². The topological polar surface area (TPSA) is 67.9 Å². The average Bonchev–Trinajstić information content (AvgIpc) is 2.65. The molecule has 1 N–H and O–H groups in total. The van der Waals surface area contributed by atoms with E-state index in [9.17, 15) is 14.0 Å². The highest BCUT2D eigenvalue weighted by molar-refractivity contribution is 6.30. The Kier molecular flexibility index (Phi) is 8.47. The number of hydrogen-bond donors (Lipinski definition) is 1. The molecule has 150 valence electrons. The highest BCUT2D eigenvalue weighted by Gasteiger charge is 2.32. The smallest absolute Gasteiger partial charge is 0.247 e. The van der Waals surface area contributed by atoms with Crippen LogP contribution in [0.3, 0.4) is 0 Å². The third kappa shape index (κ3) is 6.16. The van der Waals surface area contributed by atoms with Crippen LogP contribution in [0.1, 0.15) is 25.3 Å². The maximum Gasteiger partial charge on any atom is 0.247 e. The minimum atomic E-state index is -0.834. The van der Waals surface area contributed by atoms with Crippen molar-refractivity contribution in [3.63, 3.8) is 0 Å². The second kappa shape index (κ2) is 10.6. The number of ether oxygens (including phenoxy) is 2. The van der Waals surface area contributed by atoms with Crippen molar-refractivity contribution < 1.29 is 23.5 Å². The number of carbonyl (C=O) groups excluding carboxylic acids is 2. The van der Waals surface area contributed by atoms with E-state index in [2.05, 4.69) is 5.32 Å². The number of carbonyl (C=O) groups is 2. The van der Waals surface area contributed by atoms with Crippen LogP contribution in [0, 0.1) is 11.7 Å². The number of nitrogens with one attached hydrogen (secondary N) is 1. The molecule has 2 amide bonds. The highest BCUT2D eigenvalue weighted by atomic mass is 35.5. The van der Waals surface area contributed by atoms with E-state index in [4.69, 9.17) is 21.1 Å². The molecule has 6 nitrogen and oxygen atoms in total. The molecule has 2 rings (SSSR count). The first-order valence-electron chi connectivity index (χ1n) is 8.99. The molecule has 0 saturated carbocycles. The minimum Gasteiger partial charge on any atom is -0.384 e. The number of benzene rings is 1. The van der Waals surface area contributed by atoms with Gasteiger partial charge in [-0.3, -0.25) is 9.59 Å². The van der Waals surface area contributed by atoms with Crippen LogP contribution in [0.4, 0.5) is 4.39 Å². The van der Waals surface area contributed by atoms with Crippen molar-refractivity contribution in [2.24, 2.45) is 5.92 Å². The first-order valence-corrected chi connectivity index (χ1v) is 9.37. The van der Waals surface area contributed by atoms with E-state index < -0.39 is 18.0 Å². The van der Waals surface area contributed by atoms with Crippen LogP contribution < -0.4 is 5.32 Å². The van der Waals surface area contributed by atoms with Gasteiger partial charge in [-0.15, -0.1) is 0 Å². The van der Waals surface area contributed by atoms with Crippen LogP contribution >= 0.6 is 11.6 Å². The molecule has 0 spiro atoms. The molecule has 1 saturated heterocycles. The van der Waals surface area contributed by atoms with E-state index in [0.717, 1.165) is 12.8 Å². The quantitative estimate of drug-likeness (QED) is 0.646. The van der Waals surface area contributed by atoms with Gasteiger partial charge in [0.15, 0.2) is 0 Å². The fourth-order valence-electron chi connectivity index (χ4n) is 3.27. The predicted molar refractivity (Wildman–Crippen MR) is 99.8 cm³/mol. The zero-order valence-electron chi connectivity index (χ0n) is 15.6. The van der Waals surface area contributed by atoms with Gasteiger partial charge in [-0.25, -0.2) is 4.39 Å². The first-order chi connectivity index (χ1) is 13.0. The third-order valence-electron chi connectivity index (χ3n) is 4.73. The van der Waals surface area contributed by atoms with Crippen LogP contribution in [-0.2, 0) is 25.7 Å². The van der Waals surface area contributed by atoms with Crippen molar-refractivity contribution in [3.05, 3.63) is 34.6 Å². The molecule has 3 unspecified atom stereocenters. The van der Waals surface area contributed by atoms with Crippen molar-refractivity contribution in [1.29, 1.82) is 0 Å². The Hall–Kier alpha value is -1.70. The molecule has 1 aromatic rings. The van der Waals surface area contributed by atoms with E-state index in [-0.39, 0.29) is 18.4 Å². The van der Waals surface area contributed by atoms with Gasteiger partial charge in [0.1, 0.15) is 11.9 Å². The lowest BCUT2D eigenvalue weighted by Gasteiger charge is -2.36. The maximum absolute atomic E-state index is 13.9. The van der Waals surface area contributed by atoms with Gasteiger partial charge in [0, 0.05) is 30.8 Å². The highest BCUT2D eigenvalue weighted by Crippen LogP contribution is 2.20. The Labute approximate surface area is 163 Å². The van der Waals surface area contributed by atoms with Gasteiger partial charge in [0.05, 0.1) is 19.3 Å². The van der Waals surface area contributed by atoms with Gasteiger partial charge >= 0.3 is 0 Å². The zero-order valence-corrected chi connectivity index (χ0v) is 16.4. The molecule has 0 aromatic heterocycles. The van der Waals surface area contributed by atoms with Crippen molar-refractivity contribution in [2.75, 3.05) is 26.8 Å². The van der Waals surface area contributed by atoms with Gasteiger partial charge < -0.3 is 19.7 Å². The van der Waals surface area contributed by atoms with Gasteiger partial charge in [-0.1, -0.05) is 17.7 Å². The number of halogens is 2. The molecule has 0 bridgehead atoms. The number of nitrogens with zero attached hydrogens (tertiary/aromatic N) is 1. The van der Waals surface area contributed by atoms with Gasteiger partial charge in [-0.05, 0) is 37.8 Å². The van der Waals surface area contributed by atoms with Crippen LogP contribution in [0.25, 0.3) is 0 Å². The molecule has 27 heavy (non-hydrogen) atoms. The third-order valence-corrected chi connectivity index (χ3v) is 4.97. The SMILES string of the molecule is COCC1CCCN(C(=O)C(NC=O)C(C)OCc2ccc(Cl)cc2F)C1. The predicted octanol–water partition coefficient (Wildman–Crippen LogP) is 2.38. The number of amides is 2. The molecule has 1 aliphatic heterocycles. The molecule has 1 aliphatic rings. The molecule has 0 aliphatic carbocycles. The normalized spacial score (nSPS) is 19.4. The number of methoxy groups -OCH3 is 1. The van der Waals surface area contributed by atoms with E-state index in [1.807, 2.05) is 0 Å². The molecule has 3 atom stereocenters. The van der Waals surface area contributed by atoms with Crippen molar-refractivity contribution >= 4 is 23.9 Å². The number of likely N-dealkylation sites (tertiary alicyclic amines) is 1. The van der Waals surface area contributed by atoms with Crippen molar-refractivity contribution in [2.45, 2.75) is 38.5 Å². The molecular weight excluding hydrogens is 375 g/mol. The number of piperidine rings is 1. The summed E-state index contributed by atoms with van der Waals surface area (Å²) in [5.41, 5.74) is 0.335. The van der Waals surface area contributed by atoms with Crippen molar-refractivity contribution in [3.8, 4) is 0 Å². The molecule has 1 fully saturated rings. The van der Waals surface area contributed by atoms with Crippen LogP contribution in [0.2, 0.25) is 5.02 Å². The van der Waals surface area contributed by atoms with Crippen molar-refractivity contribution in [1.82, 2.24) is 10.2 Å². The standard InChI is InChI=1S/C19H26ClFN2O4/c1-13(27-11-15-5-6-16(20)8-17(15)21)18(22-12-24)19(25)23-7-3-4-14(9-23)10-26-2/h5-6,8,12-14,18H,3-4,7,9-11H2,1-2H3,(H,22,24). The summed E-state index contributed by atoms with van der Waals surface area (Å²) in [7, 11) is 1.64. The summed E-state index contributed by atoms with van der Waals surface area (Å²) >= 11 is 5.74. The molecule has 1 heterocycles. The summed E-state index contributed by atoms with van der Waals surface area (Å²) in [6.45, 7) is 3.47. The summed E-state index contributed by atoms with van der Waals surface area (Å²) in [6, 6.07) is 3.48. The largest absolute Gasteiger partial charge is 0.384 e. The summed E-state index contributed by atoms with van der Waals surface area (Å²) < 4.78 is 24.8. The first kappa shape index (κ1) is 21.6. The fourth-order valence-corrected chi connectivity index (χ4v) is 3.43.